The van der Waals surface area contributed by atoms with E-state index in [1.807, 2.05) is 35.2 Å². The third-order valence-corrected chi connectivity index (χ3v) is 7.24. The number of fused-ring (bicyclic) bond motifs is 1. The fraction of sp³-hybridized carbons (Fsp3) is 0.417. The van der Waals surface area contributed by atoms with E-state index in [1.54, 1.807) is 18.9 Å². The molecule has 2 aliphatic rings. The van der Waals surface area contributed by atoms with Crippen molar-refractivity contribution in [3.8, 4) is 5.75 Å². The molecule has 2 aromatic carbocycles. The predicted molar refractivity (Wildman–Crippen MR) is 126 cm³/mol. The number of hydrogen-bond donors (Lipinski definition) is 1. The van der Waals surface area contributed by atoms with Crippen LogP contribution in [0.2, 0.25) is 0 Å². The number of hydrogen-bond acceptors (Lipinski definition) is 5. The summed E-state index contributed by atoms with van der Waals surface area (Å²) in [5, 5.41) is 2.93. The van der Waals surface area contributed by atoms with Crippen molar-refractivity contribution in [1.29, 1.82) is 0 Å². The second kappa shape index (κ2) is 10.1. The predicted octanol–water partition coefficient (Wildman–Crippen LogP) is 3.42. The summed E-state index contributed by atoms with van der Waals surface area (Å²) in [7, 11) is 1.67. The molecule has 0 bridgehead atoms. The van der Waals surface area contributed by atoms with Crippen molar-refractivity contribution in [2.75, 3.05) is 49.3 Å². The van der Waals surface area contributed by atoms with Gasteiger partial charge in [0.2, 0.25) is 11.8 Å². The zero-order valence-electron chi connectivity index (χ0n) is 17.9. The number of amides is 2. The van der Waals surface area contributed by atoms with Crippen LogP contribution < -0.4 is 15.0 Å². The number of piperazine rings is 1. The molecular weight excluding hydrogens is 410 g/mol. The van der Waals surface area contributed by atoms with E-state index in [-0.39, 0.29) is 17.1 Å². The number of rotatable bonds is 6. The Morgan fingerprint density at radius 2 is 1.84 bits per heavy atom. The van der Waals surface area contributed by atoms with Crippen LogP contribution in [0.25, 0.3) is 0 Å². The summed E-state index contributed by atoms with van der Waals surface area (Å²) in [6, 6.07) is 16.0. The molecule has 164 valence electrons. The largest absolute Gasteiger partial charge is 0.497 e. The molecule has 4 rings (SSSR count). The van der Waals surface area contributed by atoms with Crippen molar-refractivity contribution in [2.45, 2.75) is 24.5 Å². The third-order valence-electron chi connectivity index (χ3n) is 5.95. The normalized spacial score (nSPS) is 18.7. The van der Waals surface area contributed by atoms with Crippen LogP contribution >= 0.6 is 11.8 Å². The molecule has 1 saturated heterocycles. The van der Waals surface area contributed by atoms with Gasteiger partial charge in [-0.2, -0.15) is 0 Å². The number of methoxy groups -OCH3 is 1. The van der Waals surface area contributed by atoms with Crippen molar-refractivity contribution >= 4 is 35.0 Å². The smallest absolute Gasteiger partial charge is 0.237 e. The first-order valence-electron chi connectivity index (χ1n) is 10.8. The Labute approximate surface area is 187 Å². The monoisotopic (exact) mass is 439 g/mol. The van der Waals surface area contributed by atoms with E-state index < -0.39 is 0 Å². The Bertz CT molecular complexity index is 911. The van der Waals surface area contributed by atoms with E-state index in [0.717, 1.165) is 56.1 Å². The van der Waals surface area contributed by atoms with Crippen LogP contribution in [0.1, 0.15) is 18.4 Å². The van der Waals surface area contributed by atoms with Crippen LogP contribution in [-0.4, -0.2) is 61.0 Å². The van der Waals surface area contributed by atoms with Gasteiger partial charge < -0.3 is 19.9 Å². The minimum Gasteiger partial charge on any atom is -0.497 e. The molecule has 1 N–H and O–H groups in total. The van der Waals surface area contributed by atoms with Crippen molar-refractivity contribution < 1.29 is 14.3 Å². The fourth-order valence-corrected chi connectivity index (χ4v) is 5.18. The van der Waals surface area contributed by atoms with E-state index in [2.05, 4.69) is 28.4 Å². The van der Waals surface area contributed by atoms with E-state index in [4.69, 9.17) is 4.74 Å². The minimum atomic E-state index is -0.105. The van der Waals surface area contributed by atoms with Crippen LogP contribution in [0.4, 0.5) is 11.4 Å². The number of nitrogens with one attached hydrogen (secondary N) is 1. The van der Waals surface area contributed by atoms with Gasteiger partial charge in [-0.05, 0) is 48.7 Å². The van der Waals surface area contributed by atoms with E-state index >= 15 is 0 Å². The molecule has 31 heavy (non-hydrogen) atoms. The topological polar surface area (TPSA) is 61.9 Å². The SMILES string of the molecule is COc1ccc(N2CCN(C(=O)CCSC3CCc4ccccc4NC3=O)CC2)cc1. The highest BCUT2D eigenvalue weighted by Gasteiger charge is 2.25. The zero-order chi connectivity index (χ0) is 21.6. The second-order valence-electron chi connectivity index (χ2n) is 7.86. The lowest BCUT2D eigenvalue weighted by molar-refractivity contribution is -0.131. The number of anilines is 2. The molecule has 2 aliphatic heterocycles. The molecule has 0 aromatic heterocycles. The molecule has 0 radical (unpaired) electrons. The number of carbonyl (C=O) groups excluding carboxylic acids is 2. The van der Waals surface area contributed by atoms with Crippen LogP contribution in [-0.2, 0) is 16.0 Å². The summed E-state index contributed by atoms with van der Waals surface area (Å²) in [6.07, 6.45) is 2.17. The number of para-hydroxylation sites is 1. The lowest BCUT2D eigenvalue weighted by Gasteiger charge is -2.36. The highest BCUT2D eigenvalue weighted by Crippen LogP contribution is 2.27. The van der Waals surface area contributed by atoms with Gasteiger partial charge in [-0.1, -0.05) is 18.2 Å². The molecule has 0 spiro atoms. The van der Waals surface area contributed by atoms with E-state index in [1.165, 1.54) is 5.56 Å². The minimum absolute atomic E-state index is 0.0514. The maximum atomic E-state index is 12.7. The third kappa shape index (κ3) is 5.34. The average molecular weight is 440 g/mol. The number of nitrogens with zero attached hydrogens (tertiary/aromatic N) is 2. The van der Waals surface area contributed by atoms with Gasteiger partial charge in [0.1, 0.15) is 5.75 Å². The maximum Gasteiger partial charge on any atom is 0.237 e. The number of aryl methyl sites for hydroxylation is 1. The van der Waals surface area contributed by atoms with Crippen LogP contribution in [0.3, 0.4) is 0 Å². The lowest BCUT2D eigenvalue weighted by atomic mass is 10.1. The Hall–Kier alpha value is -2.67. The molecule has 1 atom stereocenters. The Morgan fingerprint density at radius 3 is 2.58 bits per heavy atom. The van der Waals surface area contributed by atoms with Crippen molar-refractivity contribution in [3.63, 3.8) is 0 Å². The van der Waals surface area contributed by atoms with Crippen molar-refractivity contribution in [3.05, 3.63) is 54.1 Å². The van der Waals surface area contributed by atoms with Gasteiger partial charge >= 0.3 is 0 Å². The van der Waals surface area contributed by atoms with Gasteiger partial charge in [-0.3, -0.25) is 9.59 Å². The number of thioether (sulfide) groups is 1. The summed E-state index contributed by atoms with van der Waals surface area (Å²) >= 11 is 1.60. The van der Waals surface area contributed by atoms with Crippen LogP contribution in [0, 0.1) is 0 Å². The highest BCUT2D eigenvalue weighted by atomic mass is 32.2. The summed E-state index contributed by atoms with van der Waals surface area (Å²) in [6.45, 7) is 3.12. The van der Waals surface area contributed by atoms with Crippen molar-refractivity contribution in [1.82, 2.24) is 4.90 Å². The van der Waals surface area contributed by atoms with E-state index in [0.29, 0.717) is 12.2 Å². The van der Waals surface area contributed by atoms with Gasteiger partial charge in [0.25, 0.3) is 0 Å². The van der Waals surface area contributed by atoms with Gasteiger partial charge in [0.05, 0.1) is 12.4 Å². The molecular formula is C24H29N3O3S. The number of ether oxygens (including phenoxy) is 1. The molecule has 0 saturated carbocycles. The summed E-state index contributed by atoms with van der Waals surface area (Å²) < 4.78 is 5.22. The van der Waals surface area contributed by atoms with Crippen LogP contribution in [0.15, 0.2) is 48.5 Å². The molecule has 1 fully saturated rings. The number of carbonyl (C=O) groups is 2. The van der Waals surface area contributed by atoms with Gasteiger partial charge in [0.15, 0.2) is 0 Å². The summed E-state index contributed by atoms with van der Waals surface area (Å²) in [5.74, 6) is 1.75. The zero-order valence-corrected chi connectivity index (χ0v) is 18.7. The quantitative estimate of drug-likeness (QED) is 0.747. The molecule has 0 aliphatic carbocycles. The highest BCUT2D eigenvalue weighted by molar-refractivity contribution is 8.00. The first-order valence-corrected chi connectivity index (χ1v) is 11.9. The first kappa shape index (κ1) is 21.6. The molecule has 7 heteroatoms. The summed E-state index contributed by atoms with van der Waals surface area (Å²) in [5.41, 5.74) is 3.26. The maximum absolute atomic E-state index is 12.7. The molecule has 2 aromatic rings. The Morgan fingerprint density at radius 1 is 1.10 bits per heavy atom. The lowest BCUT2D eigenvalue weighted by Crippen LogP contribution is -2.48. The second-order valence-corrected chi connectivity index (χ2v) is 9.17. The van der Waals surface area contributed by atoms with Gasteiger partial charge in [0, 0.05) is 49.7 Å². The molecule has 2 amide bonds. The first-order chi connectivity index (χ1) is 15.1. The molecule has 6 nitrogen and oxygen atoms in total. The van der Waals surface area contributed by atoms with Crippen LogP contribution in [0.5, 0.6) is 5.75 Å². The van der Waals surface area contributed by atoms with Crippen molar-refractivity contribution in [2.24, 2.45) is 0 Å². The van der Waals surface area contributed by atoms with E-state index in [9.17, 15) is 9.59 Å². The van der Waals surface area contributed by atoms with Gasteiger partial charge in [-0.25, -0.2) is 0 Å². The molecule has 2 heterocycles. The Kier molecular flexibility index (Phi) is 7.02. The fourth-order valence-electron chi connectivity index (χ4n) is 4.10. The average Bonchev–Trinajstić information content (AvgIpc) is 2.97. The molecule has 1 unspecified atom stereocenters. The standard InChI is InChI=1S/C24H29N3O3S/c1-30-20-9-7-19(8-10-20)26-13-15-27(16-14-26)23(28)12-17-31-22-11-6-18-4-2-3-5-21(18)25-24(22)29/h2-5,7-10,22H,6,11-17H2,1H3,(H,25,29). The number of benzene rings is 2. The summed E-state index contributed by atoms with van der Waals surface area (Å²) in [4.78, 5) is 29.4. The van der Waals surface area contributed by atoms with Gasteiger partial charge in [-0.15, -0.1) is 11.8 Å². The Balaban J connectivity index is 1.20.